The Bertz CT molecular complexity index is 334. The molecule has 0 aromatic carbocycles. The molecule has 0 unspecified atom stereocenters. The van der Waals surface area contributed by atoms with Gasteiger partial charge in [0.05, 0.1) is 11.4 Å². The minimum absolute atomic E-state index is 0.369. The average Bonchev–Trinajstić information content (AvgIpc) is 2.06. The fraction of sp³-hybridized carbons (Fsp3) is 0.500. The molecule has 2 rings (SSSR count). The molecule has 0 bridgehead atoms. The van der Waals surface area contributed by atoms with Crippen molar-refractivity contribution in [1.29, 1.82) is 0 Å². The maximum absolute atomic E-state index is 5.77. The highest BCUT2D eigenvalue weighted by atomic mass is 35.5. The Morgan fingerprint density at radius 1 is 1.50 bits per heavy atom. The van der Waals surface area contributed by atoms with E-state index in [1.165, 1.54) is 0 Å². The quantitative estimate of drug-likeness (QED) is 0.736. The second-order valence-electron chi connectivity index (χ2n) is 3.84. The predicted molar refractivity (Wildman–Crippen MR) is 58.6 cm³/mol. The SMILES string of the molecule is Cc1nc(Cl)ccc1NC1CC(N)C1. The topological polar surface area (TPSA) is 50.9 Å². The molecule has 3 nitrogen and oxygen atoms in total. The van der Waals surface area contributed by atoms with E-state index in [9.17, 15) is 0 Å². The summed E-state index contributed by atoms with van der Waals surface area (Å²) in [5, 5.41) is 3.94. The maximum atomic E-state index is 5.77. The number of anilines is 1. The van der Waals surface area contributed by atoms with E-state index in [1.807, 2.05) is 13.0 Å². The second kappa shape index (κ2) is 3.75. The van der Waals surface area contributed by atoms with Crippen LogP contribution in [0.4, 0.5) is 5.69 Å². The minimum atomic E-state index is 0.369. The number of rotatable bonds is 2. The van der Waals surface area contributed by atoms with Gasteiger partial charge in [-0.25, -0.2) is 4.98 Å². The average molecular weight is 212 g/mol. The summed E-state index contributed by atoms with van der Waals surface area (Å²) in [5.41, 5.74) is 7.71. The normalized spacial score (nSPS) is 25.6. The van der Waals surface area contributed by atoms with Crippen LogP contribution in [0.5, 0.6) is 0 Å². The number of hydrogen-bond donors (Lipinski definition) is 2. The third kappa shape index (κ3) is 1.99. The maximum Gasteiger partial charge on any atom is 0.129 e. The van der Waals surface area contributed by atoms with Gasteiger partial charge in [0.2, 0.25) is 0 Å². The van der Waals surface area contributed by atoms with Crippen molar-refractivity contribution in [2.75, 3.05) is 5.32 Å². The molecule has 3 N–H and O–H groups in total. The zero-order valence-corrected chi connectivity index (χ0v) is 8.88. The highest BCUT2D eigenvalue weighted by molar-refractivity contribution is 6.29. The van der Waals surface area contributed by atoms with Crippen LogP contribution in [-0.2, 0) is 0 Å². The zero-order valence-electron chi connectivity index (χ0n) is 8.13. The van der Waals surface area contributed by atoms with E-state index in [0.717, 1.165) is 24.2 Å². The van der Waals surface area contributed by atoms with Crippen molar-refractivity contribution in [3.63, 3.8) is 0 Å². The van der Waals surface area contributed by atoms with Gasteiger partial charge in [-0.1, -0.05) is 11.6 Å². The number of pyridine rings is 1. The predicted octanol–water partition coefficient (Wildman–Crippen LogP) is 1.95. The molecule has 76 valence electrons. The van der Waals surface area contributed by atoms with Crippen molar-refractivity contribution in [2.24, 2.45) is 5.73 Å². The Morgan fingerprint density at radius 3 is 2.79 bits per heavy atom. The lowest BCUT2D eigenvalue weighted by atomic mass is 9.87. The van der Waals surface area contributed by atoms with Crippen LogP contribution >= 0.6 is 11.6 Å². The first-order valence-corrected chi connectivity index (χ1v) is 5.18. The van der Waals surface area contributed by atoms with E-state index in [0.29, 0.717) is 17.2 Å². The monoisotopic (exact) mass is 211 g/mol. The molecule has 1 aliphatic carbocycles. The highest BCUT2D eigenvalue weighted by Crippen LogP contribution is 2.24. The van der Waals surface area contributed by atoms with Crippen molar-refractivity contribution >= 4 is 17.3 Å². The first-order valence-electron chi connectivity index (χ1n) is 4.80. The molecule has 14 heavy (non-hydrogen) atoms. The van der Waals surface area contributed by atoms with Gasteiger partial charge in [-0.05, 0) is 31.9 Å². The van der Waals surface area contributed by atoms with Crippen molar-refractivity contribution in [1.82, 2.24) is 4.98 Å². The van der Waals surface area contributed by atoms with Crippen molar-refractivity contribution < 1.29 is 0 Å². The Balaban J connectivity index is 2.02. The molecule has 0 spiro atoms. The van der Waals surface area contributed by atoms with Gasteiger partial charge in [-0.3, -0.25) is 0 Å². The third-order valence-electron chi connectivity index (χ3n) is 2.59. The molecule has 1 aromatic heterocycles. The molecule has 0 amide bonds. The molecule has 1 fully saturated rings. The number of aryl methyl sites for hydroxylation is 1. The lowest BCUT2D eigenvalue weighted by Gasteiger charge is -2.34. The number of aromatic nitrogens is 1. The van der Waals surface area contributed by atoms with Crippen molar-refractivity contribution in [3.05, 3.63) is 23.0 Å². The summed E-state index contributed by atoms with van der Waals surface area (Å²) in [5.74, 6) is 0. The van der Waals surface area contributed by atoms with Crippen molar-refractivity contribution in [2.45, 2.75) is 31.8 Å². The smallest absolute Gasteiger partial charge is 0.129 e. The van der Waals surface area contributed by atoms with Gasteiger partial charge in [0.1, 0.15) is 5.15 Å². The Hall–Kier alpha value is -0.800. The van der Waals surface area contributed by atoms with Crippen LogP contribution in [0.1, 0.15) is 18.5 Å². The van der Waals surface area contributed by atoms with Gasteiger partial charge in [0.15, 0.2) is 0 Å². The molecular formula is C10H14ClN3. The summed E-state index contributed by atoms with van der Waals surface area (Å²) in [6.45, 7) is 1.95. The van der Waals surface area contributed by atoms with E-state index >= 15 is 0 Å². The third-order valence-corrected chi connectivity index (χ3v) is 2.80. The lowest BCUT2D eigenvalue weighted by molar-refractivity contribution is 0.373. The fourth-order valence-electron chi connectivity index (χ4n) is 1.68. The number of nitrogens with zero attached hydrogens (tertiary/aromatic N) is 1. The number of halogens is 1. The lowest BCUT2D eigenvalue weighted by Crippen LogP contribution is -2.44. The van der Waals surface area contributed by atoms with Gasteiger partial charge in [0, 0.05) is 12.1 Å². The van der Waals surface area contributed by atoms with E-state index in [-0.39, 0.29) is 0 Å². The fourth-order valence-corrected chi connectivity index (χ4v) is 1.87. The Morgan fingerprint density at radius 2 is 2.21 bits per heavy atom. The number of hydrogen-bond acceptors (Lipinski definition) is 3. The van der Waals surface area contributed by atoms with E-state index < -0.39 is 0 Å². The van der Waals surface area contributed by atoms with Crippen molar-refractivity contribution in [3.8, 4) is 0 Å². The van der Waals surface area contributed by atoms with Crippen LogP contribution in [-0.4, -0.2) is 17.1 Å². The molecule has 0 radical (unpaired) electrons. The van der Waals surface area contributed by atoms with Gasteiger partial charge in [0.25, 0.3) is 0 Å². The summed E-state index contributed by atoms with van der Waals surface area (Å²) < 4.78 is 0. The standard InChI is InChI=1S/C10H14ClN3/c1-6-9(2-3-10(11)13-6)14-8-4-7(12)5-8/h2-3,7-8,14H,4-5,12H2,1H3. The molecule has 4 heteroatoms. The summed E-state index contributed by atoms with van der Waals surface area (Å²) in [7, 11) is 0. The van der Waals surface area contributed by atoms with E-state index in [2.05, 4.69) is 10.3 Å². The molecule has 0 aliphatic heterocycles. The molecule has 1 aliphatic rings. The van der Waals surface area contributed by atoms with Gasteiger partial charge in [-0.2, -0.15) is 0 Å². The Labute approximate surface area is 88.7 Å². The van der Waals surface area contributed by atoms with Crippen LogP contribution in [0.15, 0.2) is 12.1 Å². The van der Waals surface area contributed by atoms with Gasteiger partial charge >= 0.3 is 0 Å². The Kier molecular flexibility index (Phi) is 2.61. The molecule has 0 atom stereocenters. The molecule has 0 saturated heterocycles. The van der Waals surface area contributed by atoms with Crippen LogP contribution in [0.3, 0.4) is 0 Å². The summed E-state index contributed by atoms with van der Waals surface area (Å²) in [6.07, 6.45) is 2.09. The molecule has 1 aromatic rings. The zero-order chi connectivity index (χ0) is 10.1. The summed E-state index contributed by atoms with van der Waals surface area (Å²) >= 11 is 5.77. The van der Waals surface area contributed by atoms with Crippen LogP contribution in [0, 0.1) is 6.92 Å². The molecular weight excluding hydrogens is 198 g/mol. The van der Waals surface area contributed by atoms with E-state index in [4.69, 9.17) is 17.3 Å². The first kappa shape index (κ1) is 9.74. The first-order chi connectivity index (χ1) is 6.65. The van der Waals surface area contributed by atoms with Gasteiger partial charge in [-0.15, -0.1) is 0 Å². The van der Waals surface area contributed by atoms with Crippen LogP contribution in [0.2, 0.25) is 5.15 Å². The van der Waals surface area contributed by atoms with Gasteiger partial charge < -0.3 is 11.1 Å². The van der Waals surface area contributed by atoms with E-state index in [1.54, 1.807) is 6.07 Å². The largest absolute Gasteiger partial charge is 0.381 e. The minimum Gasteiger partial charge on any atom is -0.381 e. The number of nitrogens with two attached hydrogens (primary N) is 1. The molecule has 1 saturated carbocycles. The number of nitrogens with one attached hydrogen (secondary N) is 1. The highest BCUT2D eigenvalue weighted by Gasteiger charge is 2.25. The summed E-state index contributed by atoms with van der Waals surface area (Å²) in [6, 6.07) is 4.64. The van der Waals surface area contributed by atoms with Crippen LogP contribution in [0.25, 0.3) is 0 Å². The second-order valence-corrected chi connectivity index (χ2v) is 4.23. The summed E-state index contributed by atoms with van der Waals surface area (Å²) in [4.78, 5) is 4.18. The molecule has 1 heterocycles. The van der Waals surface area contributed by atoms with Crippen LogP contribution < -0.4 is 11.1 Å².